The number of benzene rings is 2. The summed E-state index contributed by atoms with van der Waals surface area (Å²) in [5.74, 6) is -1.28. The number of rotatable bonds is 6. The number of nitrogens with zero attached hydrogens (tertiary/aromatic N) is 1. The van der Waals surface area contributed by atoms with Crippen molar-refractivity contribution in [3.8, 4) is 0 Å². The minimum atomic E-state index is -3.45. The second-order valence-electron chi connectivity index (χ2n) is 5.98. The van der Waals surface area contributed by atoms with Crippen molar-refractivity contribution < 1.29 is 22.7 Å². The number of ether oxygens (including phenoxy) is 1. The summed E-state index contributed by atoms with van der Waals surface area (Å²) in [5.41, 5.74) is 1.35. The van der Waals surface area contributed by atoms with Crippen molar-refractivity contribution in [1.82, 2.24) is 0 Å². The van der Waals surface area contributed by atoms with E-state index in [1.807, 2.05) is 19.0 Å². The molecule has 0 heterocycles. The molecule has 2 rings (SSSR count). The number of esters is 1. The Kier molecular flexibility index (Phi) is 6.45. The minimum Gasteiger partial charge on any atom is -0.452 e. The first-order valence-electron chi connectivity index (χ1n) is 7.82. The first kappa shape index (κ1) is 20.7. The quantitative estimate of drug-likeness (QED) is 0.736. The Morgan fingerprint density at radius 3 is 2.30 bits per heavy atom. The maximum atomic E-state index is 12.0. The molecule has 0 aromatic heterocycles. The SMILES string of the molecule is CN(C)c1ccc(C(=O)OCC(=O)Nc2cc(S(C)(=O)=O)ccc2Cl)cc1. The van der Waals surface area contributed by atoms with E-state index in [4.69, 9.17) is 16.3 Å². The Labute approximate surface area is 162 Å². The van der Waals surface area contributed by atoms with Crippen molar-refractivity contribution in [2.24, 2.45) is 0 Å². The van der Waals surface area contributed by atoms with Crippen LogP contribution < -0.4 is 10.2 Å². The topological polar surface area (TPSA) is 92.8 Å². The standard InChI is InChI=1S/C18H19ClN2O5S/c1-21(2)13-6-4-12(5-7-13)18(23)26-11-17(22)20-16-10-14(27(3,24)25)8-9-15(16)19/h4-10H,11H2,1-3H3,(H,20,22). The van der Waals surface area contributed by atoms with Gasteiger partial charge in [0, 0.05) is 26.0 Å². The van der Waals surface area contributed by atoms with E-state index in [-0.39, 0.29) is 15.6 Å². The van der Waals surface area contributed by atoms with Gasteiger partial charge in [-0.25, -0.2) is 13.2 Å². The van der Waals surface area contributed by atoms with Crippen LogP contribution in [0, 0.1) is 0 Å². The van der Waals surface area contributed by atoms with Crippen LogP contribution in [0.25, 0.3) is 0 Å². The summed E-state index contributed by atoms with van der Waals surface area (Å²) in [5, 5.41) is 2.60. The van der Waals surface area contributed by atoms with Crippen LogP contribution in [-0.4, -0.2) is 47.3 Å². The van der Waals surface area contributed by atoms with Gasteiger partial charge in [-0.3, -0.25) is 4.79 Å². The summed E-state index contributed by atoms with van der Waals surface area (Å²) in [6, 6.07) is 10.7. The zero-order valence-electron chi connectivity index (χ0n) is 15.0. The fourth-order valence-electron chi connectivity index (χ4n) is 2.13. The molecule has 0 atom stereocenters. The van der Waals surface area contributed by atoms with E-state index < -0.39 is 28.3 Å². The van der Waals surface area contributed by atoms with Gasteiger partial charge >= 0.3 is 5.97 Å². The number of nitrogens with one attached hydrogen (secondary N) is 1. The lowest BCUT2D eigenvalue weighted by Gasteiger charge is -2.12. The molecule has 1 N–H and O–H groups in total. The molecule has 0 saturated heterocycles. The van der Waals surface area contributed by atoms with Crippen LogP contribution in [0.2, 0.25) is 5.02 Å². The lowest BCUT2D eigenvalue weighted by molar-refractivity contribution is -0.119. The van der Waals surface area contributed by atoms with Gasteiger partial charge in [0.25, 0.3) is 5.91 Å². The van der Waals surface area contributed by atoms with Crippen molar-refractivity contribution in [2.45, 2.75) is 4.90 Å². The molecular weight excluding hydrogens is 392 g/mol. The van der Waals surface area contributed by atoms with E-state index in [0.717, 1.165) is 11.9 Å². The average Bonchev–Trinajstić information content (AvgIpc) is 2.60. The summed E-state index contributed by atoms with van der Waals surface area (Å²) in [4.78, 5) is 25.9. The lowest BCUT2D eigenvalue weighted by atomic mass is 10.2. The van der Waals surface area contributed by atoms with Crippen LogP contribution in [0.3, 0.4) is 0 Å². The molecule has 9 heteroatoms. The molecular formula is C18H19ClN2O5S. The summed E-state index contributed by atoms with van der Waals surface area (Å²) in [6.07, 6.45) is 1.05. The number of sulfone groups is 1. The molecule has 0 bridgehead atoms. The maximum Gasteiger partial charge on any atom is 0.338 e. The summed E-state index contributed by atoms with van der Waals surface area (Å²) >= 11 is 5.97. The van der Waals surface area contributed by atoms with Gasteiger partial charge in [0.15, 0.2) is 16.4 Å². The summed E-state index contributed by atoms with van der Waals surface area (Å²) in [6.45, 7) is -0.534. The molecule has 0 unspecified atom stereocenters. The van der Waals surface area contributed by atoms with Gasteiger partial charge in [-0.2, -0.15) is 0 Å². The van der Waals surface area contributed by atoms with Gasteiger partial charge in [0.2, 0.25) is 0 Å². The molecule has 0 spiro atoms. The Morgan fingerprint density at radius 1 is 1.11 bits per heavy atom. The number of anilines is 2. The van der Waals surface area contributed by atoms with Crippen LogP contribution in [0.4, 0.5) is 11.4 Å². The lowest BCUT2D eigenvalue weighted by Crippen LogP contribution is -2.21. The smallest absolute Gasteiger partial charge is 0.338 e. The van der Waals surface area contributed by atoms with Crippen molar-refractivity contribution >= 4 is 44.7 Å². The Hall–Kier alpha value is -2.58. The first-order chi connectivity index (χ1) is 12.6. The van der Waals surface area contributed by atoms with Gasteiger partial charge in [0.1, 0.15) is 0 Å². The molecule has 0 aliphatic carbocycles. The van der Waals surface area contributed by atoms with Gasteiger partial charge in [-0.1, -0.05) is 11.6 Å². The largest absolute Gasteiger partial charge is 0.452 e. The highest BCUT2D eigenvalue weighted by molar-refractivity contribution is 7.90. The highest BCUT2D eigenvalue weighted by atomic mass is 35.5. The number of carbonyl (C=O) groups excluding carboxylic acids is 2. The highest BCUT2D eigenvalue weighted by Crippen LogP contribution is 2.25. The maximum absolute atomic E-state index is 12.0. The van der Waals surface area contributed by atoms with Crippen molar-refractivity contribution in [3.63, 3.8) is 0 Å². The number of carbonyl (C=O) groups is 2. The van der Waals surface area contributed by atoms with E-state index in [1.54, 1.807) is 24.3 Å². The second kappa shape index (κ2) is 8.41. The average molecular weight is 411 g/mol. The van der Waals surface area contributed by atoms with E-state index in [0.29, 0.717) is 5.56 Å². The van der Waals surface area contributed by atoms with Crippen LogP contribution in [-0.2, 0) is 19.4 Å². The first-order valence-corrected chi connectivity index (χ1v) is 10.1. The zero-order chi connectivity index (χ0) is 20.2. The van der Waals surface area contributed by atoms with Gasteiger partial charge in [-0.15, -0.1) is 0 Å². The molecule has 7 nitrogen and oxygen atoms in total. The van der Waals surface area contributed by atoms with Gasteiger partial charge in [-0.05, 0) is 42.5 Å². The number of halogens is 1. The third-order valence-corrected chi connectivity index (χ3v) is 5.03. The molecule has 27 heavy (non-hydrogen) atoms. The van der Waals surface area contributed by atoms with E-state index in [1.165, 1.54) is 18.2 Å². The van der Waals surface area contributed by atoms with Crippen LogP contribution in [0.15, 0.2) is 47.4 Å². The number of hydrogen-bond acceptors (Lipinski definition) is 6. The predicted octanol–water partition coefficient (Wildman–Crippen LogP) is 2.61. The van der Waals surface area contributed by atoms with Crippen molar-refractivity contribution in [2.75, 3.05) is 37.2 Å². The van der Waals surface area contributed by atoms with Crippen molar-refractivity contribution in [1.29, 1.82) is 0 Å². The Balaban J connectivity index is 1.99. The molecule has 2 aromatic rings. The Bertz CT molecular complexity index is 956. The normalized spacial score (nSPS) is 11.0. The molecule has 0 aliphatic heterocycles. The third kappa shape index (κ3) is 5.70. The number of hydrogen-bond donors (Lipinski definition) is 1. The molecule has 0 fully saturated rings. The fraction of sp³-hybridized carbons (Fsp3) is 0.222. The Morgan fingerprint density at radius 2 is 1.74 bits per heavy atom. The molecule has 0 aliphatic rings. The highest BCUT2D eigenvalue weighted by Gasteiger charge is 2.14. The van der Waals surface area contributed by atoms with Crippen LogP contribution >= 0.6 is 11.6 Å². The second-order valence-corrected chi connectivity index (χ2v) is 8.40. The molecule has 0 radical (unpaired) electrons. The summed E-state index contributed by atoms with van der Waals surface area (Å²) < 4.78 is 28.2. The van der Waals surface area contributed by atoms with E-state index in [9.17, 15) is 18.0 Å². The third-order valence-electron chi connectivity index (χ3n) is 3.59. The van der Waals surface area contributed by atoms with Crippen molar-refractivity contribution in [3.05, 3.63) is 53.1 Å². The summed E-state index contributed by atoms with van der Waals surface area (Å²) in [7, 11) is 0.305. The van der Waals surface area contributed by atoms with Crippen LogP contribution in [0.1, 0.15) is 10.4 Å². The minimum absolute atomic E-state index is 0.0141. The van der Waals surface area contributed by atoms with E-state index in [2.05, 4.69) is 5.32 Å². The van der Waals surface area contributed by atoms with Gasteiger partial charge < -0.3 is 15.0 Å². The number of amides is 1. The monoisotopic (exact) mass is 410 g/mol. The van der Waals surface area contributed by atoms with Gasteiger partial charge in [0.05, 0.1) is 21.2 Å². The molecule has 144 valence electrons. The zero-order valence-corrected chi connectivity index (χ0v) is 16.6. The fourth-order valence-corrected chi connectivity index (χ4v) is 2.94. The predicted molar refractivity (Wildman–Crippen MR) is 104 cm³/mol. The van der Waals surface area contributed by atoms with Crippen LogP contribution in [0.5, 0.6) is 0 Å². The molecule has 2 aromatic carbocycles. The van der Waals surface area contributed by atoms with E-state index >= 15 is 0 Å². The molecule has 0 saturated carbocycles. The molecule has 1 amide bonds.